The molecule has 15 atom stereocenters. The third-order valence-corrected chi connectivity index (χ3v) is 15.3. The molecule has 582 valence electrons. The van der Waals surface area contributed by atoms with E-state index in [1.54, 1.807) is 76.2 Å². The number of aliphatic hydroxyl groups excluding tert-OH is 4. The number of alkyl halides is 3. The molecular weight excluding hydrogens is 1370 g/mol. The number of halogens is 3. The van der Waals surface area contributed by atoms with E-state index in [1.807, 2.05) is 10.6 Å². The summed E-state index contributed by atoms with van der Waals surface area (Å²) in [5.74, 6) is -21.1. The Morgan fingerprint density at radius 2 is 1.18 bits per heavy atom. The third-order valence-electron chi connectivity index (χ3n) is 15.3. The van der Waals surface area contributed by atoms with Gasteiger partial charge in [0.05, 0.1) is 25.4 Å². The summed E-state index contributed by atoms with van der Waals surface area (Å²) in [6.45, 7) is 19.5. The number of carboxylic acid groups (broad SMARTS) is 1. The summed E-state index contributed by atoms with van der Waals surface area (Å²) in [6.07, 6.45) is -14.6. The topological polar surface area (TPSA) is 581 Å². The van der Waals surface area contributed by atoms with Gasteiger partial charge in [-0.25, -0.2) is 14.4 Å². The predicted octanol–water partition coefficient (Wildman–Crippen LogP) is -3.63. The number of rotatable bonds is 23. The second kappa shape index (κ2) is 42.8. The van der Waals surface area contributed by atoms with Gasteiger partial charge in [-0.2, -0.15) is 13.2 Å². The summed E-state index contributed by atoms with van der Waals surface area (Å²) in [5, 5.41) is 77.9. The van der Waals surface area contributed by atoms with Gasteiger partial charge in [-0.3, -0.25) is 57.7 Å². The number of nitrogens with two attached hydrogens (primary N) is 3. The van der Waals surface area contributed by atoms with Crippen LogP contribution in [-0.4, -0.2) is 225 Å². The van der Waals surface area contributed by atoms with E-state index in [0.717, 1.165) is 6.92 Å². The Morgan fingerprint density at radius 1 is 0.660 bits per heavy atom. The number of amides is 12. The highest BCUT2D eigenvalue weighted by atomic mass is 19.4. The van der Waals surface area contributed by atoms with Crippen molar-refractivity contribution in [3.8, 4) is 0 Å². The number of hydrogen-bond donors (Lipinski definition) is 19. The van der Waals surface area contributed by atoms with Crippen LogP contribution >= 0.6 is 0 Å². The van der Waals surface area contributed by atoms with E-state index >= 15 is 9.59 Å². The van der Waals surface area contributed by atoms with Crippen molar-refractivity contribution in [2.24, 2.45) is 51.8 Å². The fourth-order valence-electron chi connectivity index (χ4n) is 9.59. The molecule has 22 N–H and O–H groups in total. The number of aliphatic imine (C=N–C) groups is 1. The zero-order valence-electron chi connectivity index (χ0n) is 60.1. The van der Waals surface area contributed by atoms with E-state index < -0.39 is 222 Å². The summed E-state index contributed by atoms with van der Waals surface area (Å²) in [6, 6.07) is -11.5. The SMILES string of the molecule is CC[C@H](C)C1NC(=O)[C@@H](CCCN=C(N)N)NC(=O)[C@H](CC(C)C)NC(=O)[C@H]([C@H](O)C(C)C)NC(=O)[C@@H](NC(=O)[C@H](CC(C)C)NC(=O)[C@H](NC(=O)OC(C)(C)C)C(C)C)[C@@H](c2ccccc2)OC(=O)[C@H](CO)NC(=O)[C@H]([C@H](O)C(N)=O)NC(=O)CNC(=O)C([C@H](C)O)NC1=O.O=C(O)C(F)(F)F. The van der Waals surface area contributed by atoms with Gasteiger partial charge in [0, 0.05) is 6.54 Å². The van der Waals surface area contributed by atoms with Gasteiger partial charge < -0.3 is 111 Å². The van der Waals surface area contributed by atoms with E-state index in [1.165, 1.54) is 44.2 Å². The van der Waals surface area contributed by atoms with Gasteiger partial charge in [0.25, 0.3) is 0 Å². The van der Waals surface area contributed by atoms with Crippen molar-refractivity contribution in [3.63, 3.8) is 0 Å². The fourth-order valence-corrected chi connectivity index (χ4v) is 9.59. The van der Waals surface area contributed by atoms with Crippen LogP contribution in [0.25, 0.3) is 0 Å². The Morgan fingerprint density at radius 3 is 1.67 bits per heavy atom. The summed E-state index contributed by atoms with van der Waals surface area (Å²) in [4.78, 5) is 197. The number of benzene rings is 1. The van der Waals surface area contributed by atoms with E-state index in [4.69, 9.17) is 36.6 Å². The molecule has 103 heavy (non-hydrogen) atoms. The summed E-state index contributed by atoms with van der Waals surface area (Å²) in [5.41, 5.74) is 15.4. The molecule has 2 rings (SSSR count). The number of aliphatic hydroxyl groups is 4. The van der Waals surface area contributed by atoms with Crippen molar-refractivity contribution in [1.29, 1.82) is 0 Å². The highest BCUT2D eigenvalue weighted by Crippen LogP contribution is 2.25. The molecule has 1 aromatic carbocycles. The fraction of sp³-hybridized carbons (Fsp3) is 0.672. The van der Waals surface area contributed by atoms with Crippen LogP contribution in [0.5, 0.6) is 0 Å². The molecule has 0 radical (unpaired) electrons. The highest BCUT2D eigenvalue weighted by Gasteiger charge is 2.44. The van der Waals surface area contributed by atoms with Gasteiger partial charge in [0.1, 0.15) is 60.0 Å². The lowest BCUT2D eigenvalue weighted by Crippen LogP contribution is -2.64. The lowest BCUT2D eigenvalue weighted by Gasteiger charge is -2.34. The molecule has 12 amide bonds. The van der Waals surface area contributed by atoms with Gasteiger partial charge in [0.2, 0.25) is 65.0 Å². The van der Waals surface area contributed by atoms with Crippen LogP contribution in [0, 0.1) is 29.6 Å². The van der Waals surface area contributed by atoms with Crippen LogP contribution in [0.15, 0.2) is 35.3 Å². The molecule has 39 heteroatoms. The molecule has 36 nitrogen and oxygen atoms in total. The van der Waals surface area contributed by atoms with Crippen molar-refractivity contribution in [1.82, 2.24) is 58.5 Å². The zero-order chi connectivity index (χ0) is 79.3. The summed E-state index contributed by atoms with van der Waals surface area (Å²) in [7, 11) is 0. The maximum absolute atomic E-state index is 15.5. The lowest BCUT2D eigenvalue weighted by molar-refractivity contribution is -0.192. The van der Waals surface area contributed by atoms with Crippen LogP contribution < -0.4 is 75.7 Å². The van der Waals surface area contributed by atoms with Crippen LogP contribution in [-0.2, 0) is 71.8 Å². The van der Waals surface area contributed by atoms with Crippen molar-refractivity contribution in [2.45, 2.75) is 226 Å². The van der Waals surface area contributed by atoms with Gasteiger partial charge in [-0.05, 0) is 88.5 Å². The highest BCUT2D eigenvalue weighted by molar-refractivity contribution is 6.00. The molecule has 1 saturated heterocycles. The molecule has 2 unspecified atom stereocenters. The number of hydrogen-bond acceptors (Lipinski definition) is 21. The molecule has 1 aliphatic heterocycles. The first-order valence-electron chi connectivity index (χ1n) is 33.1. The van der Waals surface area contributed by atoms with Crippen LogP contribution in [0.2, 0.25) is 0 Å². The van der Waals surface area contributed by atoms with Crippen LogP contribution in [0.1, 0.15) is 141 Å². The third kappa shape index (κ3) is 32.2. The maximum atomic E-state index is 15.5. The van der Waals surface area contributed by atoms with Crippen molar-refractivity contribution >= 4 is 89.0 Å². The van der Waals surface area contributed by atoms with E-state index in [2.05, 4.69) is 52.8 Å². The number of aliphatic carboxylic acids is 1. The number of alkyl carbamates (subject to hydrolysis) is 1. The van der Waals surface area contributed by atoms with Crippen LogP contribution in [0.4, 0.5) is 18.0 Å². The summed E-state index contributed by atoms with van der Waals surface area (Å²) < 4.78 is 43.1. The number of guanidine groups is 1. The minimum atomic E-state index is -5.08. The van der Waals surface area contributed by atoms with Gasteiger partial charge in [-0.1, -0.05) is 106 Å². The number of nitrogens with one attached hydrogen (secondary N) is 11. The molecule has 1 heterocycles. The zero-order valence-corrected chi connectivity index (χ0v) is 60.1. The molecule has 0 aliphatic carbocycles. The Kier molecular flexibility index (Phi) is 38.0. The average Bonchev–Trinajstić information content (AvgIpc) is 0.814. The van der Waals surface area contributed by atoms with Gasteiger partial charge in [0.15, 0.2) is 24.2 Å². The number of carboxylic acids is 1. The molecule has 0 aromatic heterocycles. The Labute approximate surface area is 594 Å². The molecule has 0 saturated carbocycles. The standard InChI is InChI=1S/C62H103N15O19.C2HF3O2/c1-15-32(10)41-55(89)74-42(33(11)79)53(87)67-26-39(80)72-44(47(82)49(63)83)57(91)71-38(27-78)59(93)95-48(34-20-17-16-18-21-34)45(76-52(86)37(25-29(4)5)69-54(88)40(30(6)7)77-61(94)96-62(12,13)14)58(92)75-43(46(81)31(8)9)56(90)70-36(24-28(2)3)51(85)68-35(50(84)73-41)22-19-23-66-60(64)65;3-2(4,5)1(6)7/h16-18,20-21,28-33,35-38,40-48,78-79,81-82H,15,19,22-27H2,1-14H3,(H2,63,83)(H,67,87)(H,68,85)(H,69,88)(H,70,90)(H,71,91)(H,72,80)(H,73,84)(H,74,89)(H,75,92)(H,76,86)(H,77,94)(H4,64,65,66);(H,6,7)/t32-,33-,35+,36-,37-,38-,40+,41?,42?,43-,44-,45-,46+,47-,48+;/m0./s1. The Balaban J connectivity index is 0.00000717. The van der Waals surface area contributed by atoms with E-state index in [9.17, 15) is 86.3 Å². The van der Waals surface area contributed by atoms with Gasteiger partial charge in [-0.15, -0.1) is 0 Å². The number of cyclic esters (lactones) is 1. The Bertz CT molecular complexity index is 3100. The molecule has 1 aromatic rings. The normalized spacial score (nSPS) is 23.1. The quantitative estimate of drug-likeness (QED) is 0.0218. The molecule has 0 bridgehead atoms. The number of primary amides is 1. The number of carbonyl (C=O) groups excluding carboxylic acids is 13. The lowest BCUT2D eigenvalue weighted by atomic mass is 9.95. The number of ether oxygens (including phenoxy) is 2. The second-order valence-corrected chi connectivity index (χ2v) is 27.0. The largest absolute Gasteiger partial charge is 0.490 e. The van der Waals surface area contributed by atoms with E-state index in [0.29, 0.717) is 0 Å². The smallest absolute Gasteiger partial charge is 0.475 e. The van der Waals surface area contributed by atoms with Crippen LogP contribution in [0.3, 0.4) is 0 Å². The van der Waals surface area contributed by atoms with Gasteiger partial charge >= 0.3 is 24.2 Å². The van der Waals surface area contributed by atoms with E-state index in [-0.39, 0.29) is 50.2 Å². The molecule has 1 aliphatic rings. The Hall–Kier alpha value is -9.50. The van der Waals surface area contributed by atoms with Crippen molar-refractivity contribution < 1.29 is 115 Å². The van der Waals surface area contributed by atoms with Crippen molar-refractivity contribution in [3.05, 3.63) is 35.9 Å². The monoisotopic (exact) mass is 1480 g/mol. The number of esters is 1. The first-order valence-corrected chi connectivity index (χ1v) is 33.1. The number of carbonyl (C=O) groups is 14. The first kappa shape index (κ1) is 91.5. The first-order chi connectivity index (χ1) is 47.6. The maximum Gasteiger partial charge on any atom is 0.490 e. The molecule has 0 spiro atoms. The second-order valence-electron chi connectivity index (χ2n) is 27.0. The molecule has 1 fully saturated rings. The summed E-state index contributed by atoms with van der Waals surface area (Å²) >= 11 is 0. The molecular formula is C64H104F3N15O21. The minimum absolute atomic E-state index is 0.0309. The van der Waals surface area contributed by atoms with Crippen molar-refractivity contribution in [2.75, 3.05) is 19.7 Å². The average molecular weight is 1480 g/mol. The predicted molar refractivity (Wildman–Crippen MR) is 360 cm³/mol. The minimum Gasteiger partial charge on any atom is -0.475 e. The number of nitrogens with zero attached hydrogens (tertiary/aromatic N) is 1.